The van der Waals surface area contributed by atoms with Gasteiger partial charge in [0, 0.05) is 13.1 Å². The van der Waals surface area contributed by atoms with Crippen molar-refractivity contribution in [1.29, 1.82) is 0 Å². The van der Waals surface area contributed by atoms with E-state index in [1.807, 2.05) is 20.8 Å². The molecule has 6 nitrogen and oxygen atoms in total. The average molecular weight is 252 g/mol. The van der Waals surface area contributed by atoms with Gasteiger partial charge in [0.05, 0.1) is 18.8 Å². The first-order chi connectivity index (χ1) is 8.61. The molecule has 0 spiro atoms. The Morgan fingerprint density at radius 2 is 2.06 bits per heavy atom. The molecule has 1 aromatic rings. The van der Waals surface area contributed by atoms with Crippen LogP contribution in [0.25, 0.3) is 0 Å². The van der Waals surface area contributed by atoms with Gasteiger partial charge in [0.1, 0.15) is 12.0 Å². The van der Waals surface area contributed by atoms with E-state index in [1.165, 1.54) is 6.33 Å². The lowest BCUT2D eigenvalue weighted by atomic mass is 10.2. The molecule has 0 bridgehead atoms. The first-order valence-electron chi connectivity index (χ1n) is 6.25. The number of morpholine rings is 1. The zero-order valence-electron chi connectivity index (χ0n) is 11.1. The molecule has 2 rings (SSSR count). The fourth-order valence-corrected chi connectivity index (χ4v) is 2.23. The summed E-state index contributed by atoms with van der Waals surface area (Å²) in [6, 6.07) is 0. The molecule has 2 atom stereocenters. The molecule has 2 unspecified atom stereocenters. The summed E-state index contributed by atoms with van der Waals surface area (Å²) in [7, 11) is 0. The number of aromatic nitrogens is 2. The van der Waals surface area contributed by atoms with Gasteiger partial charge in [0.25, 0.3) is 0 Å². The largest absolute Gasteiger partial charge is 0.476 e. The Morgan fingerprint density at radius 3 is 2.67 bits per heavy atom. The van der Waals surface area contributed by atoms with Crippen LogP contribution in [0.5, 0.6) is 5.88 Å². The first kappa shape index (κ1) is 12.9. The number of ether oxygens (including phenoxy) is 2. The molecule has 1 saturated heterocycles. The second-order valence-corrected chi connectivity index (χ2v) is 4.51. The van der Waals surface area contributed by atoms with Gasteiger partial charge >= 0.3 is 0 Å². The zero-order valence-corrected chi connectivity index (χ0v) is 11.1. The van der Waals surface area contributed by atoms with E-state index in [1.54, 1.807) is 0 Å². The van der Waals surface area contributed by atoms with E-state index in [0.717, 1.165) is 18.9 Å². The quantitative estimate of drug-likeness (QED) is 0.867. The lowest BCUT2D eigenvalue weighted by Crippen LogP contribution is -2.46. The van der Waals surface area contributed by atoms with Crippen molar-refractivity contribution < 1.29 is 9.47 Å². The fraction of sp³-hybridized carbons (Fsp3) is 0.667. The van der Waals surface area contributed by atoms with Gasteiger partial charge in [-0.25, -0.2) is 4.98 Å². The third kappa shape index (κ3) is 2.64. The third-order valence-electron chi connectivity index (χ3n) is 2.83. The lowest BCUT2D eigenvalue weighted by molar-refractivity contribution is -0.00543. The van der Waals surface area contributed by atoms with Crippen LogP contribution in [0.4, 0.5) is 11.5 Å². The Morgan fingerprint density at radius 1 is 1.39 bits per heavy atom. The van der Waals surface area contributed by atoms with Crippen molar-refractivity contribution in [2.75, 3.05) is 30.3 Å². The number of nitrogens with two attached hydrogens (primary N) is 1. The molecular weight excluding hydrogens is 232 g/mol. The van der Waals surface area contributed by atoms with E-state index in [9.17, 15) is 0 Å². The minimum Gasteiger partial charge on any atom is -0.476 e. The van der Waals surface area contributed by atoms with Gasteiger partial charge in [0.2, 0.25) is 5.88 Å². The molecule has 2 N–H and O–H groups in total. The molecule has 1 aliphatic rings. The SMILES string of the molecule is CCOc1ncnc(N2CC(C)OC(C)C2)c1N. The highest BCUT2D eigenvalue weighted by molar-refractivity contribution is 5.67. The van der Waals surface area contributed by atoms with Crippen molar-refractivity contribution in [3.8, 4) is 5.88 Å². The molecule has 1 aliphatic heterocycles. The number of hydrogen-bond donors (Lipinski definition) is 1. The highest BCUT2D eigenvalue weighted by atomic mass is 16.5. The van der Waals surface area contributed by atoms with Gasteiger partial charge in [-0.05, 0) is 20.8 Å². The van der Waals surface area contributed by atoms with Gasteiger partial charge < -0.3 is 20.1 Å². The van der Waals surface area contributed by atoms with Crippen LogP contribution in [0.2, 0.25) is 0 Å². The van der Waals surface area contributed by atoms with Gasteiger partial charge in [-0.15, -0.1) is 0 Å². The predicted octanol–water partition coefficient (Wildman–Crippen LogP) is 1.07. The maximum absolute atomic E-state index is 6.06. The molecule has 0 aliphatic carbocycles. The van der Waals surface area contributed by atoms with E-state index < -0.39 is 0 Å². The van der Waals surface area contributed by atoms with Crippen LogP contribution in [-0.4, -0.2) is 41.9 Å². The molecule has 1 aromatic heterocycles. The number of anilines is 2. The molecule has 1 fully saturated rings. The van der Waals surface area contributed by atoms with Crippen molar-refractivity contribution >= 4 is 11.5 Å². The van der Waals surface area contributed by atoms with E-state index in [4.69, 9.17) is 15.2 Å². The number of nitrogen functional groups attached to an aromatic ring is 1. The maximum atomic E-state index is 6.06. The van der Waals surface area contributed by atoms with E-state index in [2.05, 4.69) is 14.9 Å². The first-order valence-corrected chi connectivity index (χ1v) is 6.25. The van der Waals surface area contributed by atoms with Gasteiger partial charge in [-0.1, -0.05) is 0 Å². The highest BCUT2D eigenvalue weighted by Gasteiger charge is 2.25. The number of rotatable bonds is 3. The summed E-state index contributed by atoms with van der Waals surface area (Å²) in [6.07, 6.45) is 1.82. The Kier molecular flexibility index (Phi) is 3.86. The Balaban J connectivity index is 2.24. The molecule has 6 heteroatoms. The van der Waals surface area contributed by atoms with E-state index in [-0.39, 0.29) is 12.2 Å². The normalized spacial score (nSPS) is 24.1. The summed E-state index contributed by atoms with van der Waals surface area (Å²) in [5.74, 6) is 1.18. The Labute approximate surface area is 107 Å². The maximum Gasteiger partial charge on any atom is 0.242 e. The van der Waals surface area contributed by atoms with Gasteiger partial charge in [-0.2, -0.15) is 4.98 Å². The Bertz CT molecular complexity index is 403. The van der Waals surface area contributed by atoms with Crippen molar-refractivity contribution in [3.05, 3.63) is 6.33 Å². The number of nitrogens with zero attached hydrogens (tertiary/aromatic N) is 3. The monoisotopic (exact) mass is 252 g/mol. The minimum atomic E-state index is 0.165. The second-order valence-electron chi connectivity index (χ2n) is 4.51. The number of hydrogen-bond acceptors (Lipinski definition) is 6. The average Bonchev–Trinajstić information content (AvgIpc) is 2.31. The van der Waals surface area contributed by atoms with Crippen LogP contribution in [0.3, 0.4) is 0 Å². The summed E-state index contributed by atoms with van der Waals surface area (Å²) in [5.41, 5.74) is 6.56. The summed E-state index contributed by atoms with van der Waals surface area (Å²) in [4.78, 5) is 10.4. The molecule has 100 valence electrons. The minimum absolute atomic E-state index is 0.165. The van der Waals surface area contributed by atoms with Crippen molar-refractivity contribution in [2.45, 2.75) is 33.0 Å². The summed E-state index contributed by atoms with van der Waals surface area (Å²) in [5, 5.41) is 0. The van der Waals surface area contributed by atoms with E-state index >= 15 is 0 Å². The summed E-state index contributed by atoms with van der Waals surface area (Å²) >= 11 is 0. The molecule has 18 heavy (non-hydrogen) atoms. The van der Waals surface area contributed by atoms with Crippen LogP contribution in [-0.2, 0) is 4.74 Å². The third-order valence-corrected chi connectivity index (χ3v) is 2.83. The Hall–Kier alpha value is -1.56. The second kappa shape index (κ2) is 5.39. The van der Waals surface area contributed by atoms with Crippen LogP contribution in [0.1, 0.15) is 20.8 Å². The predicted molar refractivity (Wildman–Crippen MR) is 69.8 cm³/mol. The highest BCUT2D eigenvalue weighted by Crippen LogP contribution is 2.29. The summed E-state index contributed by atoms with van der Waals surface area (Å²) < 4.78 is 11.1. The van der Waals surface area contributed by atoms with Crippen LogP contribution >= 0.6 is 0 Å². The standard InChI is InChI=1S/C12H20N4O2/c1-4-17-12-10(13)11(14-7-15-12)16-5-8(2)18-9(3)6-16/h7-9H,4-6,13H2,1-3H3. The van der Waals surface area contributed by atoms with Crippen molar-refractivity contribution in [2.24, 2.45) is 0 Å². The van der Waals surface area contributed by atoms with Crippen LogP contribution in [0.15, 0.2) is 6.33 Å². The zero-order chi connectivity index (χ0) is 13.1. The smallest absolute Gasteiger partial charge is 0.242 e. The fourth-order valence-electron chi connectivity index (χ4n) is 2.23. The molecule has 2 heterocycles. The van der Waals surface area contributed by atoms with Crippen molar-refractivity contribution in [3.63, 3.8) is 0 Å². The van der Waals surface area contributed by atoms with E-state index in [0.29, 0.717) is 18.2 Å². The van der Waals surface area contributed by atoms with Crippen molar-refractivity contribution in [1.82, 2.24) is 9.97 Å². The van der Waals surface area contributed by atoms with Crippen LogP contribution < -0.4 is 15.4 Å². The van der Waals surface area contributed by atoms with Gasteiger partial charge in [-0.3, -0.25) is 0 Å². The molecular formula is C12H20N4O2. The molecule has 0 saturated carbocycles. The van der Waals surface area contributed by atoms with Gasteiger partial charge in [0.15, 0.2) is 5.82 Å². The molecule has 0 radical (unpaired) electrons. The molecule has 0 amide bonds. The van der Waals surface area contributed by atoms with Crippen LogP contribution in [0, 0.1) is 0 Å². The summed E-state index contributed by atoms with van der Waals surface area (Å²) in [6.45, 7) is 8.08. The molecule has 0 aromatic carbocycles. The topological polar surface area (TPSA) is 73.5 Å². The lowest BCUT2D eigenvalue weighted by Gasteiger charge is -2.36.